The number of hydrogen-bond acceptors (Lipinski definition) is 5. The fourth-order valence-corrected chi connectivity index (χ4v) is 2.85. The molecule has 0 saturated heterocycles. The van der Waals surface area contributed by atoms with Gasteiger partial charge in [0.2, 0.25) is 0 Å². The van der Waals surface area contributed by atoms with E-state index < -0.39 is 0 Å². The molecule has 0 unspecified atom stereocenters. The van der Waals surface area contributed by atoms with Crippen LogP contribution in [0.5, 0.6) is 0 Å². The van der Waals surface area contributed by atoms with Crippen LogP contribution in [0.1, 0.15) is 5.56 Å². The van der Waals surface area contributed by atoms with Crippen molar-refractivity contribution in [3.8, 4) is 22.4 Å². The number of nitrogen functional groups attached to an aromatic ring is 1. The van der Waals surface area contributed by atoms with E-state index in [1.807, 2.05) is 30.3 Å². The maximum Gasteiger partial charge on any atom is 0.133 e. The van der Waals surface area contributed by atoms with Gasteiger partial charge in [-0.25, -0.2) is 9.97 Å². The maximum atomic E-state index is 5.95. The molecule has 0 aliphatic heterocycles. The van der Waals surface area contributed by atoms with E-state index in [1.165, 1.54) is 0 Å². The Morgan fingerprint density at radius 1 is 1.25 bits per heavy atom. The Labute approximate surface area is 120 Å². The van der Waals surface area contributed by atoms with E-state index in [0.717, 1.165) is 26.4 Å². The summed E-state index contributed by atoms with van der Waals surface area (Å²) in [7, 11) is 0. The molecule has 4 N–H and O–H groups in total. The van der Waals surface area contributed by atoms with Crippen molar-refractivity contribution in [1.29, 1.82) is 0 Å². The highest BCUT2D eigenvalue weighted by atomic mass is 32.1. The van der Waals surface area contributed by atoms with Crippen LogP contribution in [0.3, 0.4) is 0 Å². The lowest BCUT2D eigenvalue weighted by Gasteiger charge is -2.01. The number of aromatic nitrogens is 2. The Morgan fingerprint density at radius 2 is 2.10 bits per heavy atom. The van der Waals surface area contributed by atoms with Crippen LogP contribution in [0, 0.1) is 11.8 Å². The molecule has 4 nitrogen and oxygen atoms in total. The zero-order chi connectivity index (χ0) is 13.9. The first-order valence-electron chi connectivity index (χ1n) is 6.08. The monoisotopic (exact) mass is 280 g/mol. The lowest BCUT2D eigenvalue weighted by atomic mass is 10.2. The predicted molar refractivity (Wildman–Crippen MR) is 83.2 cm³/mol. The molecular weight excluding hydrogens is 268 g/mol. The van der Waals surface area contributed by atoms with Crippen molar-refractivity contribution in [2.75, 3.05) is 12.3 Å². The van der Waals surface area contributed by atoms with Crippen molar-refractivity contribution in [1.82, 2.24) is 9.97 Å². The fraction of sp³-hybridized carbons (Fsp3) is 0.0667. The molecule has 0 bridgehead atoms. The minimum Gasteiger partial charge on any atom is -0.383 e. The predicted octanol–water partition coefficient (Wildman–Crippen LogP) is 2.25. The first-order valence-corrected chi connectivity index (χ1v) is 6.90. The maximum absolute atomic E-state index is 5.95. The molecule has 98 valence electrons. The number of rotatable bonds is 1. The minimum atomic E-state index is 0.320. The highest BCUT2D eigenvalue weighted by Gasteiger charge is 2.10. The third-order valence-corrected chi connectivity index (χ3v) is 3.85. The number of nitrogens with two attached hydrogens (primary N) is 2. The largest absolute Gasteiger partial charge is 0.383 e. The second-order valence-electron chi connectivity index (χ2n) is 4.15. The Kier molecular flexibility index (Phi) is 3.33. The van der Waals surface area contributed by atoms with Crippen molar-refractivity contribution in [3.05, 3.63) is 42.1 Å². The number of pyridine rings is 1. The zero-order valence-corrected chi connectivity index (χ0v) is 11.4. The van der Waals surface area contributed by atoms with Crippen molar-refractivity contribution in [3.63, 3.8) is 0 Å². The van der Waals surface area contributed by atoms with Gasteiger partial charge in [-0.05, 0) is 18.2 Å². The third kappa shape index (κ3) is 2.35. The summed E-state index contributed by atoms with van der Waals surface area (Å²) in [5.74, 6) is 6.23. The summed E-state index contributed by atoms with van der Waals surface area (Å²) in [4.78, 5) is 8.77. The lowest BCUT2D eigenvalue weighted by Crippen LogP contribution is -1.96. The summed E-state index contributed by atoms with van der Waals surface area (Å²) >= 11 is 1.59. The van der Waals surface area contributed by atoms with Gasteiger partial charge in [0.1, 0.15) is 10.8 Å². The third-order valence-electron chi connectivity index (χ3n) is 2.78. The Hall–Kier alpha value is -2.42. The summed E-state index contributed by atoms with van der Waals surface area (Å²) < 4.78 is 1.13. The molecule has 0 fully saturated rings. The first kappa shape index (κ1) is 12.6. The van der Waals surface area contributed by atoms with Gasteiger partial charge in [0.05, 0.1) is 22.3 Å². The first-order chi connectivity index (χ1) is 9.78. The van der Waals surface area contributed by atoms with Crippen LogP contribution in [0.4, 0.5) is 5.82 Å². The van der Waals surface area contributed by atoms with Crippen LogP contribution >= 0.6 is 11.3 Å². The molecule has 3 rings (SSSR count). The normalized spacial score (nSPS) is 10.2. The van der Waals surface area contributed by atoms with Gasteiger partial charge in [-0.3, -0.25) is 0 Å². The molecule has 2 aromatic heterocycles. The van der Waals surface area contributed by atoms with E-state index >= 15 is 0 Å². The molecule has 5 heteroatoms. The average Bonchev–Trinajstić information content (AvgIpc) is 2.90. The summed E-state index contributed by atoms with van der Waals surface area (Å²) in [6.45, 7) is 0.320. The van der Waals surface area contributed by atoms with E-state index in [-0.39, 0.29) is 0 Å². The molecule has 0 aliphatic rings. The Bertz CT molecular complexity index is 793. The van der Waals surface area contributed by atoms with Crippen molar-refractivity contribution >= 4 is 27.4 Å². The SMILES string of the molecule is NCC#Cc1cnc(N)c(-c2nc3ccccc3s2)c1. The zero-order valence-electron chi connectivity index (χ0n) is 10.6. The summed E-state index contributed by atoms with van der Waals surface area (Å²) in [6.07, 6.45) is 1.65. The van der Waals surface area contributed by atoms with E-state index in [1.54, 1.807) is 17.5 Å². The molecule has 0 amide bonds. The highest BCUT2D eigenvalue weighted by molar-refractivity contribution is 7.21. The molecular formula is C15H12N4S. The van der Waals surface area contributed by atoms with Gasteiger partial charge in [0.25, 0.3) is 0 Å². The van der Waals surface area contributed by atoms with Gasteiger partial charge < -0.3 is 11.5 Å². The van der Waals surface area contributed by atoms with Crippen LogP contribution in [-0.4, -0.2) is 16.5 Å². The topological polar surface area (TPSA) is 77.8 Å². The number of thiazole rings is 1. The van der Waals surface area contributed by atoms with Crippen molar-refractivity contribution < 1.29 is 0 Å². The molecule has 0 radical (unpaired) electrons. The van der Waals surface area contributed by atoms with Gasteiger partial charge in [-0.2, -0.15) is 0 Å². The molecule has 0 aliphatic carbocycles. The molecule has 0 atom stereocenters. The standard InChI is InChI=1S/C15H12N4S/c16-7-3-4-10-8-11(14(17)18-9-10)15-19-12-5-1-2-6-13(12)20-15/h1-2,5-6,8-9H,7,16H2,(H2,17,18). The van der Waals surface area contributed by atoms with E-state index in [4.69, 9.17) is 11.5 Å². The van der Waals surface area contributed by atoms with Gasteiger partial charge in [0, 0.05) is 11.8 Å². The van der Waals surface area contributed by atoms with E-state index in [2.05, 4.69) is 21.8 Å². The number of nitrogens with zero attached hydrogens (tertiary/aromatic N) is 2. The minimum absolute atomic E-state index is 0.320. The van der Waals surface area contributed by atoms with Gasteiger partial charge in [-0.1, -0.05) is 24.0 Å². The molecule has 1 aromatic carbocycles. The number of benzene rings is 1. The van der Waals surface area contributed by atoms with Crippen LogP contribution in [-0.2, 0) is 0 Å². The van der Waals surface area contributed by atoms with Crippen LogP contribution in [0.2, 0.25) is 0 Å². The second-order valence-corrected chi connectivity index (χ2v) is 5.18. The number of fused-ring (bicyclic) bond motifs is 1. The van der Waals surface area contributed by atoms with Crippen LogP contribution in [0.25, 0.3) is 20.8 Å². The quantitative estimate of drug-likeness (QED) is 0.670. The lowest BCUT2D eigenvalue weighted by molar-refractivity contribution is 1.29. The Balaban J connectivity index is 2.12. The van der Waals surface area contributed by atoms with Gasteiger partial charge >= 0.3 is 0 Å². The second kappa shape index (κ2) is 5.29. The number of para-hydroxylation sites is 1. The van der Waals surface area contributed by atoms with Crippen LogP contribution in [0.15, 0.2) is 36.5 Å². The Morgan fingerprint density at radius 3 is 2.90 bits per heavy atom. The summed E-state index contributed by atoms with van der Waals surface area (Å²) in [5, 5.41) is 0.854. The summed E-state index contributed by atoms with van der Waals surface area (Å²) in [6, 6.07) is 9.89. The molecule has 2 heterocycles. The molecule has 20 heavy (non-hydrogen) atoms. The van der Waals surface area contributed by atoms with E-state index in [9.17, 15) is 0 Å². The van der Waals surface area contributed by atoms with Crippen molar-refractivity contribution in [2.24, 2.45) is 5.73 Å². The molecule has 3 aromatic rings. The molecule has 0 spiro atoms. The summed E-state index contributed by atoms with van der Waals surface area (Å²) in [5.41, 5.74) is 13.9. The number of hydrogen-bond donors (Lipinski definition) is 2. The van der Waals surface area contributed by atoms with Gasteiger partial charge in [0.15, 0.2) is 0 Å². The van der Waals surface area contributed by atoms with E-state index in [0.29, 0.717) is 12.4 Å². The highest BCUT2D eigenvalue weighted by Crippen LogP contribution is 2.32. The smallest absolute Gasteiger partial charge is 0.133 e. The number of anilines is 1. The average molecular weight is 280 g/mol. The van der Waals surface area contributed by atoms with Crippen molar-refractivity contribution in [2.45, 2.75) is 0 Å². The van der Waals surface area contributed by atoms with Crippen LogP contribution < -0.4 is 11.5 Å². The fourth-order valence-electron chi connectivity index (χ4n) is 1.86. The molecule has 0 saturated carbocycles. The van der Waals surface area contributed by atoms with Gasteiger partial charge in [-0.15, -0.1) is 11.3 Å².